The van der Waals surface area contributed by atoms with E-state index in [2.05, 4.69) is 20.5 Å². The number of hydrogen-bond acceptors (Lipinski definition) is 10. The summed E-state index contributed by atoms with van der Waals surface area (Å²) in [7, 11) is -0.833. The quantitative estimate of drug-likeness (QED) is 0.285. The first kappa shape index (κ1) is 18.9. The van der Waals surface area contributed by atoms with Crippen LogP contribution in [0.25, 0.3) is 0 Å². The van der Waals surface area contributed by atoms with Crippen LogP contribution in [0.1, 0.15) is 11.4 Å². The summed E-state index contributed by atoms with van der Waals surface area (Å²) in [6, 6.07) is 0. The second-order valence-corrected chi connectivity index (χ2v) is 8.41. The van der Waals surface area contributed by atoms with Crippen LogP contribution in [0, 0.1) is 0 Å². The summed E-state index contributed by atoms with van der Waals surface area (Å²) in [6.07, 6.45) is 0. The van der Waals surface area contributed by atoms with Gasteiger partial charge in [0.25, 0.3) is 11.4 Å². The maximum atomic E-state index is 11.0. The van der Waals surface area contributed by atoms with E-state index in [0.29, 0.717) is 26.5 Å². The summed E-state index contributed by atoms with van der Waals surface area (Å²) < 4.78 is 0. The highest BCUT2D eigenvalue weighted by Crippen LogP contribution is 2.32. The Bertz CT molecular complexity index is 934. The molecular weight excluding hydrogens is 412 g/mol. The fourth-order valence-electron chi connectivity index (χ4n) is 2.19. The van der Waals surface area contributed by atoms with Crippen LogP contribution in [0.2, 0.25) is 0 Å². The number of rotatable bonds is 7. The number of hydrogen-bond donors (Lipinski definition) is 4. The lowest BCUT2D eigenvalue weighted by molar-refractivity contribution is -0.140. The molecule has 27 heavy (non-hydrogen) atoms. The third-order valence-corrected chi connectivity index (χ3v) is 6.13. The van der Waals surface area contributed by atoms with Gasteiger partial charge in [-0.2, -0.15) is 0 Å². The molecule has 13 heteroatoms. The molecule has 0 fully saturated rings. The van der Waals surface area contributed by atoms with Gasteiger partial charge in [0.05, 0.1) is 26.7 Å². The summed E-state index contributed by atoms with van der Waals surface area (Å²) >= 11 is 2.53. The van der Waals surface area contributed by atoms with E-state index >= 15 is 0 Å². The van der Waals surface area contributed by atoms with Crippen LogP contribution < -0.4 is 11.5 Å². The molecule has 0 saturated heterocycles. The molecule has 0 saturated carbocycles. The number of nitrogens with two attached hydrogens (primary N) is 2. The fraction of sp³-hybridized carbons (Fsp3) is 0.143. The maximum Gasteiger partial charge on any atom is 0.325 e. The minimum Gasteiger partial charge on any atom is -0.480 e. The van der Waals surface area contributed by atoms with Crippen molar-refractivity contribution in [3.05, 3.63) is 33.4 Å². The summed E-state index contributed by atoms with van der Waals surface area (Å²) in [5.74, 6) is -2.11. The number of anilines is 2. The van der Waals surface area contributed by atoms with Gasteiger partial charge in [-0.3, -0.25) is 14.5 Å². The van der Waals surface area contributed by atoms with Crippen molar-refractivity contribution in [1.29, 1.82) is 0 Å². The highest BCUT2D eigenvalue weighted by atomic mass is 32.2. The fourth-order valence-corrected chi connectivity index (χ4v) is 4.97. The van der Waals surface area contributed by atoms with Gasteiger partial charge in [-0.15, -0.1) is 22.7 Å². The highest BCUT2D eigenvalue weighted by molar-refractivity contribution is 8.30. The molecule has 1 unspecified atom stereocenters. The van der Waals surface area contributed by atoms with Gasteiger partial charge >= 0.3 is 11.9 Å². The number of aliphatic carboxylic acids is 2. The van der Waals surface area contributed by atoms with Crippen molar-refractivity contribution < 1.29 is 19.8 Å². The molecule has 2 aromatic heterocycles. The van der Waals surface area contributed by atoms with Crippen LogP contribution in [-0.4, -0.2) is 60.5 Å². The zero-order valence-electron chi connectivity index (χ0n) is 13.5. The highest BCUT2D eigenvalue weighted by Gasteiger charge is 2.30. The summed E-state index contributed by atoms with van der Waals surface area (Å²) in [4.78, 5) is 36.6. The number of aromatic nitrogens is 2. The minimum absolute atomic E-state index is 0.215. The van der Waals surface area contributed by atoms with Gasteiger partial charge in [0, 0.05) is 15.8 Å². The molecule has 1 aliphatic heterocycles. The van der Waals surface area contributed by atoms with Crippen molar-refractivity contribution in [3.63, 3.8) is 0 Å². The number of carboxylic acids is 2. The number of thiazole rings is 2. The molecule has 0 radical (unpaired) electrons. The first-order valence-corrected chi connectivity index (χ1v) is 10.3. The topological polar surface area (TPSA) is 168 Å². The van der Waals surface area contributed by atoms with Crippen molar-refractivity contribution in [1.82, 2.24) is 14.9 Å². The molecule has 0 bridgehead atoms. The second kappa shape index (κ2) is 7.80. The summed E-state index contributed by atoms with van der Waals surface area (Å²) in [6.45, 7) is -0.994. The zero-order valence-corrected chi connectivity index (χ0v) is 16.0. The predicted octanol–water partition coefficient (Wildman–Crippen LogP) is 0.791. The molecule has 2 aromatic rings. The molecule has 3 rings (SSSR count). The Morgan fingerprint density at radius 2 is 1.59 bits per heavy atom. The number of carboxylic acid groups (broad SMARTS) is 2. The molecule has 6 N–H and O–H groups in total. The molecule has 3 heterocycles. The first-order chi connectivity index (χ1) is 12.8. The van der Waals surface area contributed by atoms with Crippen LogP contribution in [0.5, 0.6) is 0 Å². The van der Waals surface area contributed by atoms with Gasteiger partial charge in [-0.05, 0) is 0 Å². The lowest BCUT2D eigenvalue weighted by Gasteiger charge is -2.11. The Kier molecular flexibility index (Phi) is 5.46. The Balaban J connectivity index is 2.06. The molecular formula is C14H13N6O4S3+. The largest absolute Gasteiger partial charge is 0.480 e. The van der Waals surface area contributed by atoms with Gasteiger partial charge < -0.3 is 21.7 Å². The smallest absolute Gasteiger partial charge is 0.325 e. The van der Waals surface area contributed by atoms with Crippen LogP contribution in [-0.2, 0) is 9.59 Å². The van der Waals surface area contributed by atoms with E-state index in [-0.39, 0.29) is 5.82 Å². The number of carbonyl (C=O) groups is 2. The second-order valence-electron chi connectivity index (χ2n) is 5.13. The number of aliphatic imine (C=N–C) groups is 1. The third-order valence-electron chi connectivity index (χ3n) is 3.19. The molecule has 0 spiro atoms. The molecule has 140 valence electrons. The van der Waals surface area contributed by atoms with Crippen molar-refractivity contribution in [3.8, 4) is 0 Å². The Morgan fingerprint density at radius 1 is 1.07 bits per heavy atom. The third kappa shape index (κ3) is 4.46. The summed E-state index contributed by atoms with van der Waals surface area (Å²) in [5, 5.41) is 24.0. The van der Waals surface area contributed by atoms with Crippen LogP contribution in [0.3, 0.4) is 0 Å². The molecule has 10 nitrogen and oxygen atoms in total. The van der Waals surface area contributed by atoms with Crippen LogP contribution in [0.15, 0.2) is 27.0 Å². The SMILES string of the molecule is Nc1nc(C(c2csc(N)n2)=S2[C+]=NC(N(CC(=O)O)CC(=O)O)=C2)cs1. The van der Waals surface area contributed by atoms with Gasteiger partial charge in [-0.25, -0.2) is 9.97 Å². The molecule has 0 aliphatic carbocycles. The van der Waals surface area contributed by atoms with E-state index < -0.39 is 35.5 Å². The molecule has 0 amide bonds. The van der Waals surface area contributed by atoms with Crippen molar-refractivity contribution in [2.75, 3.05) is 24.6 Å². The van der Waals surface area contributed by atoms with E-state index in [0.717, 1.165) is 4.90 Å². The van der Waals surface area contributed by atoms with Gasteiger partial charge in [-0.1, -0.05) is 0 Å². The average molecular weight is 425 g/mol. The Labute approximate surface area is 163 Å². The van der Waals surface area contributed by atoms with Crippen molar-refractivity contribution >= 4 is 65.8 Å². The molecule has 1 atom stereocenters. The lowest BCUT2D eigenvalue weighted by atomic mass is 10.3. The van der Waals surface area contributed by atoms with E-state index in [1.54, 1.807) is 16.2 Å². The normalized spacial score (nSPS) is 15.3. The van der Waals surface area contributed by atoms with Crippen LogP contribution >= 0.6 is 33.2 Å². The van der Waals surface area contributed by atoms with Gasteiger partial charge in [0.1, 0.15) is 18.5 Å². The van der Waals surface area contributed by atoms with E-state index in [9.17, 15) is 9.59 Å². The van der Waals surface area contributed by atoms with E-state index in [1.165, 1.54) is 22.7 Å². The monoisotopic (exact) mass is 425 g/mol. The molecule has 1 aliphatic rings. The number of nitrogen functional groups attached to an aromatic ring is 2. The number of nitrogens with zero attached hydrogens (tertiary/aromatic N) is 4. The maximum absolute atomic E-state index is 11.0. The van der Waals surface area contributed by atoms with E-state index in [4.69, 9.17) is 21.7 Å². The van der Waals surface area contributed by atoms with Crippen molar-refractivity contribution in [2.45, 2.75) is 0 Å². The van der Waals surface area contributed by atoms with E-state index in [1.807, 2.05) is 0 Å². The first-order valence-electron chi connectivity index (χ1n) is 7.23. The average Bonchev–Trinajstić information content (AvgIpc) is 3.29. The van der Waals surface area contributed by atoms with Crippen LogP contribution in [0.4, 0.5) is 10.3 Å². The Hall–Kier alpha value is -2.86. The lowest BCUT2D eigenvalue weighted by Crippen LogP contribution is -2.33. The van der Waals surface area contributed by atoms with Gasteiger partial charge in [0.15, 0.2) is 10.3 Å². The minimum atomic E-state index is -1.16. The predicted molar refractivity (Wildman–Crippen MR) is 106 cm³/mol. The van der Waals surface area contributed by atoms with Gasteiger partial charge in [0.2, 0.25) is 0 Å². The molecule has 0 aromatic carbocycles. The zero-order chi connectivity index (χ0) is 19.6. The summed E-state index contributed by atoms with van der Waals surface area (Å²) in [5.41, 5.74) is 15.6. The standard InChI is InChI=1S/C14H12N6O4S3/c15-13-18-7(3-25-13)12(8-4-26-14(16)19-8)27-5-9(17-6-27)20(1-10(21)22)2-11(23)24/h3-5H,1-2H2,(H5-,15,16,18,19,21,22,23,24)/p+1. The van der Waals surface area contributed by atoms with Crippen molar-refractivity contribution in [2.24, 2.45) is 4.99 Å². The Morgan fingerprint density at radius 3 is 2.00 bits per heavy atom.